The summed E-state index contributed by atoms with van der Waals surface area (Å²) in [5.41, 5.74) is 1.02. The number of anilines is 1. The molecule has 2 aliphatic rings. The molecule has 90 valence electrons. The van der Waals surface area contributed by atoms with E-state index in [1.165, 1.54) is 4.90 Å². The third kappa shape index (κ3) is 1.70. The Labute approximate surface area is 104 Å². The Balaban J connectivity index is 1.78. The number of pyridine rings is 1. The lowest BCUT2D eigenvalue weighted by molar-refractivity contribution is 0.137. The van der Waals surface area contributed by atoms with Gasteiger partial charge in [-0.15, -0.1) is 0 Å². The molecule has 17 heavy (non-hydrogen) atoms. The van der Waals surface area contributed by atoms with Crippen molar-refractivity contribution in [2.45, 2.75) is 18.5 Å². The van der Waals surface area contributed by atoms with E-state index >= 15 is 0 Å². The predicted octanol–water partition coefficient (Wildman–Crippen LogP) is 1.68. The number of carboxylic acid groups (broad SMARTS) is 1. The van der Waals surface area contributed by atoms with Crippen LogP contribution in [0.3, 0.4) is 0 Å². The zero-order valence-electron chi connectivity index (χ0n) is 9.08. The molecule has 2 atom stereocenters. The van der Waals surface area contributed by atoms with Crippen molar-refractivity contribution in [2.75, 3.05) is 18.0 Å². The van der Waals surface area contributed by atoms with E-state index in [4.69, 9.17) is 16.7 Å². The highest BCUT2D eigenvalue weighted by Gasteiger charge is 2.45. The maximum atomic E-state index is 11.0. The normalized spacial score (nSPS) is 26.6. The molecule has 3 rings (SSSR count). The second kappa shape index (κ2) is 3.77. The molecule has 0 radical (unpaired) electrons. The topological polar surface area (TPSA) is 56.7 Å². The van der Waals surface area contributed by atoms with Crippen LogP contribution in [0.15, 0.2) is 18.3 Å². The van der Waals surface area contributed by atoms with Gasteiger partial charge in [0.1, 0.15) is 5.15 Å². The summed E-state index contributed by atoms with van der Waals surface area (Å²) in [7, 11) is 0. The van der Waals surface area contributed by atoms with Crippen molar-refractivity contribution in [3.05, 3.63) is 23.5 Å². The summed E-state index contributed by atoms with van der Waals surface area (Å²) in [5.74, 6) is 0. The molecule has 2 fully saturated rings. The Hall–Kier alpha value is -1.49. The van der Waals surface area contributed by atoms with Gasteiger partial charge in [0.05, 0.1) is 17.9 Å². The van der Waals surface area contributed by atoms with E-state index in [1.807, 2.05) is 6.07 Å². The fourth-order valence-corrected chi connectivity index (χ4v) is 2.87. The third-order valence-electron chi connectivity index (χ3n) is 3.53. The molecule has 3 heterocycles. The highest BCUT2D eigenvalue weighted by atomic mass is 35.5. The molecular formula is C11H12ClN3O2. The van der Waals surface area contributed by atoms with Crippen LogP contribution in [0.25, 0.3) is 0 Å². The van der Waals surface area contributed by atoms with E-state index in [2.05, 4.69) is 9.88 Å². The first-order valence-corrected chi connectivity index (χ1v) is 5.90. The number of rotatable bonds is 1. The lowest BCUT2D eigenvalue weighted by Gasteiger charge is -2.33. The average Bonchev–Trinajstić information content (AvgIpc) is 2.89. The van der Waals surface area contributed by atoms with Gasteiger partial charge in [-0.2, -0.15) is 0 Å². The van der Waals surface area contributed by atoms with Crippen molar-refractivity contribution in [2.24, 2.45) is 0 Å². The first kappa shape index (κ1) is 10.7. The summed E-state index contributed by atoms with van der Waals surface area (Å²) in [6.45, 7) is 1.34. The van der Waals surface area contributed by atoms with E-state index in [0.29, 0.717) is 11.7 Å². The van der Waals surface area contributed by atoms with E-state index in [1.54, 1.807) is 12.3 Å². The van der Waals surface area contributed by atoms with Crippen LogP contribution in [0.5, 0.6) is 0 Å². The smallest absolute Gasteiger partial charge is 0.407 e. The minimum atomic E-state index is -0.814. The van der Waals surface area contributed by atoms with Crippen molar-refractivity contribution >= 4 is 23.4 Å². The maximum Gasteiger partial charge on any atom is 0.407 e. The molecular weight excluding hydrogens is 242 g/mol. The minimum Gasteiger partial charge on any atom is -0.465 e. The van der Waals surface area contributed by atoms with Crippen LogP contribution < -0.4 is 4.90 Å². The number of aromatic nitrogens is 1. The molecule has 1 aromatic rings. The van der Waals surface area contributed by atoms with E-state index in [9.17, 15) is 4.79 Å². The van der Waals surface area contributed by atoms with Gasteiger partial charge in [0.2, 0.25) is 0 Å². The lowest BCUT2D eigenvalue weighted by atomic mass is 10.2. The summed E-state index contributed by atoms with van der Waals surface area (Å²) < 4.78 is 0. The van der Waals surface area contributed by atoms with Crippen LogP contribution in [0.4, 0.5) is 10.5 Å². The number of hydrogen-bond donors (Lipinski definition) is 1. The molecule has 0 unspecified atom stereocenters. The monoisotopic (exact) mass is 253 g/mol. The molecule has 2 saturated heterocycles. The van der Waals surface area contributed by atoms with E-state index in [0.717, 1.165) is 18.7 Å². The van der Waals surface area contributed by atoms with Gasteiger partial charge in [-0.1, -0.05) is 11.6 Å². The molecule has 2 bridgehead atoms. The summed E-state index contributed by atoms with van der Waals surface area (Å²) in [6, 6.07) is 4.09. The Morgan fingerprint density at radius 2 is 2.24 bits per heavy atom. The van der Waals surface area contributed by atoms with Crippen molar-refractivity contribution < 1.29 is 9.90 Å². The quantitative estimate of drug-likeness (QED) is 0.774. The number of piperazine rings is 1. The van der Waals surface area contributed by atoms with Gasteiger partial charge in [0, 0.05) is 19.1 Å². The summed E-state index contributed by atoms with van der Waals surface area (Å²) >= 11 is 5.75. The van der Waals surface area contributed by atoms with Crippen LogP contribution in [-0.4, -0.2) is 46.3 Å². The standard InChI is InChI=1S/C11H12ClN3O2/c12-10-2-1-7(4-13-10)14-5-9-3-8(14)6-15(9)11(16)17/h1-2,4,8-9H,3,5-6H2,(H,16,17)/t8-,9-/m0/s1. The van der Waals surface area contributed by atoms with E-state index in [-0.39, 0.29) is 12.1 Å². The fourth-order valence-electron chi connectivity index (χ4n) is 2.76. The molecule has 1 aromatic heterocycles. The molecule has 0 aromatic carbocycles. The number of hydrogen-bond acceptors (Lipinski definition) is 3. The predicted molar refractivity (Wildman–Crippen MR) is 63.5 cm³/mol. The summed E-state index contributed by atoms with van der Waals surface area (Å²) in [4.78, 5) is 18.8. The molecule has 1 amide bonds. The van der Waals surface area contributed by atoms with E-state index < -0.39 is 6.09 Å². The number of likely N-dealkylation sites (tertiary alicyclic amines) is 1. The minimum absolute atomic E-state index is 0.119. The van der Waals surface area contributed by atoms with Crippen molar-refractivity contribution in [1.29, 1.82) is 0 Å². The Kier molecular flexibility index (Phi) is 2.36. The molecule has 0 aliphatic carbocycles. The van der Waals surface area contributed by atoms with Crippen molar-refractivity contribution in [1.82, 2.24) is 9.88 Å². The van der Waals surface area contributed by atoms with Crippen LogP contribution in [0, 0.1) is 0 Å². The third-order valence-corrected chi connectivity index (χ3v) is 3.75. The Morgan fingerprint density at radius 3 is 2.76 bits per heavy atom. The van der Waals surface area contributed by atoms with Crippen LogP contribution in [-0.2, 0) is 0 Å². The molecule has 6 heteroatoms. The summed E-state index contributed by atoms with van der Waals surface area (Å²) in [5, 5.41) is 9.48. The second-order valence-electron chi connectivity index (χ2n) is 4.47. The number of fused-ring (bicyclic) bond motifs is 2. The number of carbonyl (C=O) groups is 1. The molecule has 5 nitrogen and oxygen atoms in total. The second-order valence-corrected chi connectivity index (χ2v) is 4.86. The van der Waals surface area contributed by atoms with Crippen LogP contribution in [0.2, 0.25) is 5.15 Å². The SMILES string of the molecule is O=C(O)N1C[C@@H]2C[C@H]1CN2c1ccc(Cl)nc1. The van der Waals surface area contributed by atoms with Crippen LogP contribution in [0.1, 0.15) is 6.42 Å². The number of amides is 1. The van der Waals surface area contributed by atoms with Crippen molar-refractivity contribution in [3.63, 3.8) is 0 Å². The zero-order chi connectivity index (χ0) is 12.0. The molecule has 0 saturated carbocycles. The van der Waals surface area contributed by atoms with Gasteiger partial charge >= 0.3 is 6.09 Å². The van der Waals surface area contributed by atoms with Gasteiger partial charge in [-0.25, -0.2) is 9.78 Å². The van der Waals surface area contributed by atoms with Crippen LogP contribution >= 0.6 is 11.6 Å². The van der Waals surface area contributed by atoms with Gasteiger partial charge in [0.25, 0.3) is 0 Å². The molecule has 0 spiro atoms. The average molecular weight is 254 g/mol. The number of halogens is 1. The van der Waals surface area contributed by atoms with Crippen molar-refractivity contribution in [3.8, 4) is 0 Å². The fraction of sp³-hybridized carbons (Fsp3) is 0.455. The van der Waals surface area contributed by atoms with Gasteiger partial charge in [-0.05, 0) is 18.6 Å². The van der Waals surface area contributed by atoms with Gasteiger partial charge in [-0.3, -0.25) is 0 Å². The largest absolute Gasteiger partial charge is 0.465 e. The zero-order valence-corrected chi connectivity index (χ0v) is 9.84. The summed E-state index contributed by atoms with van der Waals surface area (Å²) in [6.07, 6.45) is 1.84. The molecule has 1 N–H and O–H groups in total. The Bertz CT molecular complexity index is 451. The molecule has 2 aliphatic heterocycles. The maximum absolute atomic E-state index is 11.0. The number of nitrogens with zero attached hydrogens (tertiary/aromatic N) is 3. The van der Waals surface area contributed by atoms with Gasteiger partial charge < -0.3 is 14.9 Å². The Morgan fingerprint density at radius 1 is 1.41 bits per heavy atom. The highest BCUT2D eigenvalue weighted by molar-refractivity contribution is 6.29. The first-order chi connectivity index (χ1) is 8.15. The lowest BCUT2D eigenvalue weighted by Crippen LogP contribution is -2.48. The van der Waals surface area contributed by atoms with Gasteiger partial charge in [0.15, 0.2) is 0 Å². The highest BCUT2D eigenvalue weighted by Crippen LogP contribution is 2.34. The first-order valence-electron chi connectivity index (χ1n) is 5.53.